The van der Waals surface area contributed by atoms with Crippen molar-refractivity contribution in [1.82, 2.24) is 4.98 Å². The van der Waals surface area contributed by atoms with Crippen molar-refractivity contribution in [3.8, 4) is 11.1 Å². The van der Waals surface area contributed by atoms with E-state index in [2.05, 4.69) is 78.3 Å². The van der Waals surface area contributed by atoms with Crippen LogP contribution in [0.25, 0.3) is 22.0 Å². The van der Waals surface area contributed by atoms with Crippen LogP contribution in [0.15, 0.2) is 72.9 Å². The van der Waals surface area contributed by atoms with Crippen LogP contribution in [0.1, 0.15) is 36.8 Å². The van der Waals surface area contributed by atoms with E-state index in [1.165, 1.54) is 33.6 Å². The second kappa shape index (κ2) is 9.17. The summed E-state index contributed by atoms with van der Waals surface area (Å²) in [5.74, 6) is 0. The van der Waals surface area contributed by atoms with Crippen molar-refractivity contribution < 1.29 is 0 Å². The summed E-state index contributed by atoms with van der Waals surface area (Å²) in [5.41, 5.74) is 14.6. The summed E-state index contributed by atoms with van der Waals surface area (Å²) in [6, 6.07) is 24.5. The van der Waals surface area contributed by atoms with Crippen LogP contribution in [-0.2, 0) is 0 Å². The van der Waals surface area contributed by atoms with E-state index in [9.17, 15) is 0 Å². The molecule has 1 fully saturated rings. The van der Waals surface area contributed by atoms with Crippen LogP contribution in [-0.4, -0.2) is 17.1 Å². The first-order valence-electron chi connectivity index (χ1n) is 11.8. The van der Waals surface area contributed by atoms with Crippen molar-refractivity contribution in [2.24, 2.45) is 5.73 Å². The predicted molar refractivity (Wildman–Crippen MR) is 140 cm³/mol. The fraction of sp³-hybridized carbons (Fsp3) is 0.276. The lowest BCUT2D eigenvalue weighted by Crippen LogP contribution is -2.38. The Bertz CT molecular complexity index is 1270. The Morgan fingerprint density at radius 1 is 0.818 bits per heavy atom. The van der Waals surface area contributed by atoms with Crippen molar-refractivity contribution in [2.45, 2.75) is 51.6 Å². The number of nitrogens with two attached hydrogens (primary N) is 1. The lowest BCUT2D eigenvalue weighted by molar-refractivity contribution is 0.391. The van der Waals surface area contributed by atoms with Gasteiger partial charge in [0.1, 0.15) is 0 Å². The number of rotatable bonds is 4. The highest BCUT2D eigenvalue weighted by Gasteiger charge is 2.27. The largest absolute Gasteiger partial charge is 0.338 e. The number of hydrogen-bond acceptors (Lipinski definition) is 3. The van der Waals surface area contributed by atoms with Crippen LogP contribution in [0.3, 0.4) is 0 Å². The fourth-order valence-corrected chi connectivity index (χ4v) is 5.20. The average molecular weight is 456 g/mol. The third-order valence-corrected chi connectivity index (χ3v) is 7.01. The Morgan fingerprint density at radius 3 is 2.33 bits per heavy atom. The first kappa shape index (κ1) is 21.9. The van der Waals surface area contributed by atoms with Crippen molar-refractivity contribution in [3.63, 3.8) is 0 Å². The normalized spacial score (nSPS) is 18.4. The number of anilines is 2. The maximum atomic E-state index is 6.29. The van der Waals surface area contributed by atoms with Gasteiger partial charge in [0.2, 0.25) is 0 Å². The second-order valence-electron chi connectivity index (χ2n) is 9.35. The van der Waals surface area contributed by atoms with Crippen LogP contribution in [0, 0.1) is 13.8 Å². The van der Waals surface area contributed by atoms with Crippen LogP contribution in [0.5, 0.6) is 0 Å². The number of fused-ring (bicyclic) bond motifs is 1. The first-order valence-corrected chi connectivity index (χ1v) is 12.1. The van der Waals surface area contributed by atoms with Gasteiger partial charge in [0, 0.05) is 34.4 Å². The molecule has 4 aromatic rings. The highest BCUT2D eigenvalue weighted by atomic mass is 35.5. The van der Waals surface area contributed by atoms with E-state index in [0.29, 0.717) is 17.1 Å². The molecule has 0 bridgehead atoms. The zero-order chi connectivity index (χ0) is 22.9. The zero-order valence-corrected chi connectivity index (χ0v) is 20.0. The van der Waals surface area contributed by atoms with E-state index in [0.717, 1.165) is 36.6 Å². The van der Waals surface area contributed by atoms with Crippen LogP contribution in [0.4, 0.5) is 11.4 Å². The topological polar surface area (TPSA) is 42.2 Å². The van der Waals surface area contributed by atoms with Gasteiger partial charge in [0.25, 0.3) is 0 Å². The summed E-state index contributed by atoms with van der Waals surface area (Å²) in [7, 11) is 0. The molecule has 0 aliphatic heterocycles. The lowest BCUT2D eigenvalue weighted by Gasteiger charge is -2.38. The lowest BCUT2D eigenvalue weighted by atomic mass is 9.89. The van der Waals surface area contributed by atoms with E-state index in [1.54, 1.807) is 0 Å². The molecule has 0 saturated heterocycles. The molecule has 168 valence electrons. The third-order valence-electron chi connectivity index (χ3n) is 6.77. The summed E-state index contributed by atoms with van der Waals surface area (Å²) >= 11 is 6.29. The highest BCUT2D eigenvalue weighted by molar-refractivity contribution is 6.31. The summed E-state index contributed by atoms with van der Waals surface area (Å²) in [5, 5.41) is 1.83. The first-order chi connectivity index (χ1) is 16.0. The van der Waals surface area contributed by atoms with Crippen LogP contribution in [0.2, 0.25) is 5.02 Å². The second-order valence-corrected chi connectivity index (χ2v) is 9.79. The monoisotopic (exact) mass is 455 g/mol. The number of nitrogens with zero attached hydrogens (tertiary/aromatic N) is 2. The van der Waals surface area contributed by atoms with E-state index in [-0.39, 0.29) is 0 Å². The van der Waals surface area contributed by atoms with Crippen molar-refractivity contribution >= 4 is 33.9 Å². The summed E-state index contributed by atoms with van der Waals surface area (Å²) in [4.78, 5) is 7.12. The molecule has 1 aliphatic rings. The molecule has 1 aliphatic carbocycles. The molecule has 0 amide bonds. The van der Waals surface area contributed by atoms with Gasteiger partial charge in [-0.15, -0.1) is 0 Å². The average Bonchev–Trinajstić information content (AvgIpc) is 2.80. The van der Waals surface area contributed by atoms with Gasteiger partial charge in [-0.25, -0.2) is 0 Å². The summed E-state index contributed by atoms with van der Waals surface area (Å²) in [6.45, 7) is 4.31. The molecule has 0 radical (unpaired) electrons. The Labute approximate surface area is 201 Å². The Hall–Kier alpha value is -2.88. The number of aromatic nitrogens is 1. The van der Waals surface area contributed by atoms with Gasteiger partial charge in [-0.2, -0.15) is 0 Å². The molecule has 0 atom stereocenters. The van der Waals surface area contributed by atoms with Gasteiger partial charge in [0.15, 0.2) is 0 Å². The molecule has 1 aromatic heterocycles. The Kier molecular flexibility index (Phi) is 6.09. The van der Waals surface area contributed by atoms with E-state index < -0.39 is 0 Å². The zero-order valence-electron chi connectivity index (χ0n) is 19.3. The minimum Gasteiger partial charge on any atom is -0.338 e. The fourth-order valence-electron chi connectivity index (χ4n) is 5.04. The Morgan fingerprint density at radius 2 is 1.58 bits per heavy atom. The molecule has 3 nitrogen and oxygen atoms in total. The predicted octanol–water partition coefficient (Wildman–Crippen LogP) is 7.58. The van der Waals surface area contributed by atoms with Gasteiger partial charge in [-0.3, -0.25) is 4.98 Å². The van der Waals surface area contributed by atoms with Crippen molar-refractivity contribution in [3.05, 3.63) is 89.1 Å². The minimum absolute atomic E-state index is 0.303. The number of halogens is 1. The van der Waals surface area contributed by atoms with Crippen LogP contribution >= 0.6 is 11.6 Å². The molecule has 3 aromatic carbocycles. The number of pyridine rings is 1. The summed E-state index contributed by atoms with van der Waals surface area (Å²) < 4.78 is 0. The highest BCUT2D eigenvalue weighted by Crippen LogP contribution is 2.40. The quantitative estimate of drug-likeness (QED) is 0.344. The molecule has 2 N–H and O–H groups in total. The minimum atomic E-state index is 0.303. The molecule has 0 unspecified atom stereocenters. The van der Waals surface area contributed by atoms with Gasteiger partial charge >= 0.3 is 0 Å². The molecule has 4 heteroatoms. The van der Waals surface area contributed by atoms with Crippen LogP contribution < -0.4 is 10.6 Å². The van der Waals surface area contributed by atoms with Gasteiger partial charge in [0.05, 0.1) is 11.2 Å². The van der Waals surface area contributed by atoms with E-state index in [1.807, 2.05) is 18.3 Å². The van der Waals surface area contributed by atoms with Gasteiger partial charge < -0.3 is 10.6 Å². The van der Waals surface area contributed by atoms with Crippen molar-refractivity contribution in [1.29, 1.82) is 0 Å². The molecule has 0 spiro atoms. The van der Waals surface area contributed by atoms with Gasteiger partial charge in [-0.05, 0) is 92.6 Å². The van der Waals surface area contributed by atoms with E-state index in [4.69, 9.17) is 17.3 Å². The summed E-state index contributed by atoms with van der Waals surface area (Å²) in [6.07, 6.45) is 6.14. The molecular weight excluding hydrogens is 426 g/mol. The molecule has 33 heavy (non-hydrogen) atoms. The van der Waals surface area contributed by atoms with Crippen molar-refractivity contribution in [2.75, 3.05) is 4.90 Å². The number of hydrogen-bond donors (Lipinski definition) is 1. The van der Waals surface area contributed by atoms with E-state index >= 15 is 0 Å². The standard InChI is InChI=1S/C29H30ClN3/c1-19-3-5-21(6-4-19)22-15-20(2)16-26(17-22)33(25-10-8-24(31)9-11-25)29-13-14-32-28-18-23(30)7-12-27(28)29/h3-7,12-18,24-25H,8-11,31H2,1-2H3. The number of benzene rings is 3. The maximum absolute atomic E-state index is 6.29. The molecular formula is C29H30ClN3. The smallest absolute Gasteiger partial charge is 0.0737 e. The Balaban J connectivity index is 1.67. The third kappa shape index (κ3) is 4.62. The molecule has 1 saturated carbocycles. The van der Waals surface area contributed by atoms with Gasteiger partial charge in [-0.1, -0.05) is 47.5 Å². The molecule has 5 rings (SSSR count). The number of aryl methyl sites for hydroxylation is 2. The SMILES string of the molecule is Cc1ccc(-c2cc(C)cc(N(c3ccnc4cc(Cl)ccc34)C3CCC(N)CC3)c2)cc1. The molecule has 1 heterocycles. The maximum Gasteiger partial charge on any atom is 0.0737 e.